The average molecular weight is 688 g/mol. The molecule has 1 aromatic rings. The number of benzene rings is 1. The molecule has 2 aliphatic carbocycles. The lowest BCUT2D eigenvalue weighted by molar-refractivity contribution is -0.145. The van der Waals surface area contributed by atoms with Crippen LogP contribution in [0.25, 0.3) is 0 Å². The summed E-state index contributed by atoms with van der Waals surface area (Å²) in [5.74, 6) is -3.21. The van der Waals surface area contributed by atoms with E-state index in [9.17, 15) is 32.4 Å². The number of nitrogens with one attached hydrogen (secondary N) is 3. The number of carbonyl (C=O) groups excluding carboxylic acids is 5. The molecule has 0 aromatic heterocycles. The van der Waals surface area contributed by atoms with E-state index in [4.69, 9.17) is 5.73 Å². The van der Waals surface area contributed by atoms with Crippen LogP contribution in [0.15, 0.2) is 35.2 Å². The fourth-order valence-corrected chi connectivity index (χ4v) is 8.92. The van der Waals surface area contributed by atoms with E-state index < -0.39 is 74.4 Å². The zero-order chi connectivity index (χ0) is 36.0. The first-order valence-corrected chi connectivity index (χ1v) is 18.5. The van der Waals surface area contributed by atoms with Crippen molar-refractivity contribution in [3.05, 3.63) is 30.3 Å². The predicted octanol–water partition coefficient (Wildman–Crippen LogP) is 2.80. The van der Waals surface area contributed by atoms with E-state index in [1.165, 1.54) is 17.0 Å². The number of primary amides is 1. The molecule has 266 valence electrons. The summed E-state index contributed by atoms with van der Waals surface area (Å²) in [5, 5.41) is 8.39. The van der Waals surface area contributed by atoms with Crippen molar-refractivity contribution in [1.82, 2.24) is 20.9 Å². The van der Waals surface area contributed by atoms with Gasteiger partial charge in [0.05, 0.1) is 16.7 Å². The Labute approximate surface area is 284 Å². The Kier molecular flexibility index (Phi) is 10.5. The Morgan fingerprint density at radius 2 is 1.54 bits per heavy atom. The Balaban J connectivity index is 1.54. The van der Waals surface area contributed by atoms with Crippen LogP contribution in [0.4, 0.5) is 4.79 Å². The first-order valence-electron chi connectivity index (χ1n) is 16.8. The average Bonchev–Trinajstić information content (AvgIpc) is 3.26. The minimum Gasteiger partial charge on any atom is -0.363 e. The van der Waals surface area contributed by atoms with Crippen molar-refractivity contribution >= 4 is 39.4 Å². The number of hydrogen-bond acceptors (Lipinski definition) is 7. The molecule has 0 radical (unpaired) electrons. The molecule has 48 heavy (non-hydrogen) atoms. The van der Waals surface area contributed by atoms with Gasteiger partial charge >= 0.3 is 6.03 Å². The first-order chi connectivity index (χ1) is 22.1. The van der Waals surface area contributed by atoms with Crippen LogP contribution < -0.4 is 21.7 Å². The van der Waals surface area contributed by atoms with Crippen LogP contribution in [-0.4, -0.2) is 79.3 Å². The van der Waals surface area contributed by atoms with Crippen molar-refractivity contribution in [1.29, 1.82) is 0 Å². The molecule has 12 nitrogen and oxygen atoms in total. The quantitative estimate of drug-likeness (QED) is 0.244. The number of urea groups is 1. The summed E-state index contributed by atoms with van der Waals surface area (Å²) in [6.07, 6.45) is 3.14. The second-order valence-electron chi connectivity index (χ2n) is 16.6. The lowest BCUT2D eigenvalue weighted by Gasteiger charge is -2.39. The van der Waals surface area contributed by atoms with Crippen LogP contribution in [0.2, 0.25) is 0 Å². The van der Waals surface area contributed by atoms with Gasteiger partial charge in [0.25, 0.3) is 5.91 Å². The highest BCUT2D eigenvalue weighted by Crippen LogP contribution is 2.65. The Bertz CT molecular complexity index is 1530. The van der Waals surface area contributed by atoms with Crippen molar-refractivity contribution in [3.8, 4) is 0 Å². The van der Waals surface area contributed by atoms with Gasteiger partial charge in [-0.2, -0.15) is 0 Å². The number of likely N-dealkylation sites (tertiary alicyclic amines) is 1. The fourth-order valence-electron chi connectivity index (χ4n) is 7.13. The second kappa shape index (κ2) is 13.4. The fraction of sp³-hybridized carbons (Fsp3) is 0.686. The molecule has 13 heteroatoms. The van der Waals surface area contributed by atoms with Gasteiger partial charge < -0.3 is 26.6 Å². The van der Waals surface area contributed by atoms with Crippen molar-refractivity contribution in [2.24, 2.45) is 39.7 Å². The number of rotatable bonds is 12. The molecule has 1 heterocycles. The molecule has 4 rings (SSSR count). The molecule has 2 saturated carbocycles. The maximum absolute atomic E-state index is 14.3. The maximum Gasteiger partial charge on any atom is 0.315 e. The molecular weight excluding hydrogens is 634 g/mol. The number of amides is 5. The Morgan fingerprint density at radius 3 is 2.04 bits per heavy atom. The number of carbonyl (C=O) groups is 5. The van der Waals surface area contributed by atoms with Gasteiger partial charge in [-0.15, -0.1) is 0 Å². The third-order valence-electron chi connectivity index (χ3n) is 10.7. The summed E-state index contributed by atoms with van der Waals surface area (Å²) in [5.41, 5.74) is 3.67. The molecule has 3 fully saturated rings. The Hall–Kier alpha value is -3.48. The summed E-state index contributed by atoms with van der Waals surface area (Å²) in [7, 11) is -3.75. The molecule has 1 aliphatic heterocycles. The predicted molar refractivity (Wildman–Crippen MR) is 181 cm³/mol. The highest BCUT2D eigenvalue weighted by Gasteiger charge is 2.70. The van der Waals surface area contributed by atoms with Gasteiger partial charge in [0.15, 0.2) is 9.84 Å². The number of fused-ring (bicyclic) bond motifs is 1. The lowest BCUT2D eigenvalue weighted by atomic mass is 9.80. The molecule has 5 amide bonds. The summed E-state index contributed by atoms with van der Waals surface area (Å²) < 4.78 is 26.5. The minimum atomic E-state index is -3.75. The third-order valence-corrected chi connectivity index (χ3v) is 12.4. The molecule has 6 atom stereocenters. The molecular formula is C35H53N5O7S. The number of Topliss-reactive ketones (excluding diaryl/α,β-unsaturated/α-hetero) is 1. The molecule has 3 unspecified atom stereocenters. The monoisotopic (exact) mass is 687 g/mol. The van der Waals surface area contributed by atoms with Gasteiger partial charge in [-0.3, -0.25) is 19.2 Å². The van der Waals surface area contributed by atoms with E-state index in [-0.39, 0.29) is 33.8 Å². The number of hydrogen-bond donors (Lipinski definition) is 4. The van der Waals surface area contributed by atoms with Crippen molar-refractivity contribution in [2.75, 3.05) is 12.3 Å². The molecule has 1 saturated heterocycles. The summed E-state index contributed by atoms with van der Waals surface area (Å²) in [4.78, 5) is 68.1. The van der Waals surface area contributed by atoms with Crippen LogP contribution in [0.1, 0.15) is 81.1 Å². The number of piperidine rings is 1. The van der Waals surface area contributed by atoms with Gasteiger partial charge in [0, 0.05) is 12.6 Å². The van der Waals surface area contributed by atoms with Gasteiger partial charge in [-0.05, 0) is 52.6 Å². The maximum atomic E-state index is 14.3. The van der Waals surface area contributed by atoms with Crippen LogP contribution >= 0.6 is 0 Å². The van der Waals surface area contributed by atoms with Gasteiger partial charge in [-0.25, -0.2) is 13.2 Å². The zero-order valence-corrected chi connectivity index (χ0v) is 30.3. The van der Waals surface area contributed by atoms with Crippen LogP contribution in [-0.2, 0) is 29.0 Å². The second-order valence-corrected chi connectivity index (χ2v) is 18.7. The zero-order valence-electron chi connectivity index (χ0n) is 29.5. The molecule has 0 spiro atoms. The van der Waals surface area contributed by atoms with E-state index in [1.807, 2.05) is 34.6 Å². The van der Waals surface area contributed by atoms with E-state index in [0.29, 0.717) is 13.0 Å². The summed E-state index contributed by atoms with van der Waals surface area (Å²) >= 11 is 0. The van der Waals surface area contributed by atoms with Gasteiger partial charge in [-0.1, -0.05) is 92.9 Å². The van der Waals surface area contributed by atoms with E-state index in [1.54, 1.807) is 39.0 Å². The summed E-state index contributed by atoms with van der Waals surface area (Å²) in [6.45, 7) is 15.2. The van der Waals surface area contributed by atoms with E-state index in [2.05, 4.69) is 16.0 Å². The highest BCUT2D eigenvalue weighted by molar-refractivity contribution is 7.91. The largest absolute Gasteiger partial charge is 0.363 e. The first kappa shape index (κ1) is 37.3. The van der Waals surface area contributed by atoms with Crippen molar-refractivity contribution in [2.45, 2.75) is 110 Å². The minimum absolute atomic E-state index is 0.0389. The smallest absolute Gasteiger partial charge is 0.315 e. The number of ketones is 1. The third kappa shape index (κ3) is 8.03. The van der Waals surface area contributed by atoms with E-state index >= 15 is 0 Å². The standard InChI is InChI=1S/C35H53N5O7S/c1-33(2,3)24(19-48(46,47)21-15-10-9-11-16-21)38-32(45)39-28(34(4,5)6)31(44)40-18-22-25(35(22,7)8)26(40)30(43)37-23(27(41)29(36)42)17-20-13-12-14-20/h9-11,15-16,20,22-26,28H,12-14,17-19H2,1-8H3,(H2,36,42)(H,37,43)(H2,38,39,45)/t22-,23?,24?,25?,26-,28+/m0/s1. The molecule has 3 aliphatic rings. The highest BCUT2D eigenvalue weighted by atomic mass is 32.2. The lowest BCUT2D eigenvalue weighted by Crippen LogP contribution is -2.62. The van der Waals surface area contributed by atoms with Crippen LogP contribution in [0.3, 0.4) is 0 Å². The van der Waals surface area contributed by atoms with Crippen LogP contribution in [0.5, 0.6) is 0 Å². The number of nitrogens with two attached hydrogens (primary N) is 1. The van der Waals surface area contributed by atoms with Crippen LogP contribution in [0, 0.1) is 34.0 Å². The van der Waals surface area contributed by atoms with Gasteiger partial charge in [0.1, 0.15) is 12.1 Å². The van der Waals surface area contributed by atoms with Crippen molar-refractivity contribution < 1.29 is 32.4 Å². The summed E-state index contributed by atoms with van der Waals surface area (Å²) in [6, 6.07) is 3.48. The topological polar surface area (TPSA) is 185 Å². The van der Waals surface area contributed by atoms with E-state index in [0.717, 1.165) is 19.3 Å². The molecule has 5 N–H and O–H groups in total. The molecule has 0 bridgehead atoms. The normalized spacial score (nSPS) is 23.9. The SMILES string of the molecule is CC(C)(C)C(CS(=O)(=O)c1ccccc1)NC(=O)N[C@H](C(=O)N1C[C@H]2C([C@H]1C(=O)NC(CC1CCC1)C(=O)C(N)=O)C2(C)C)C(C)(C)C. The number of nitrogens with zero attached hydrogens (tertiary/aromatic N) is 1. The number of sulfone groups is 1. The van der Waals surface area contributed by atoms with Crippen molar-refractivity contribution in [3.63, 3.8) is 0 Å². The Morgan fingerprint density at radius 1 is 0.938 bits per heavy atom. The molecule has 1 aromatic carbocycles. The van der Waals surface area contributed by atoms with Gasteiger partial charge in [0.2, 0.25) is 17.6 Å².